The zero-order valence-corrected chi connectivity index (χ0v) is 13.3. The Morgan fingerprint density at radius 2 is 2.27 bits per heavy atom. The summed E-state index contributed by atoms with van der Waals surface area (Å²) in [5, 5.41) is 8.31. The van der Waals surface area contributed by atoms with Crippen LogP contribution in [0.25, 0.3) is 0 Å². The smallest absolute Gasteiger partial charge is 0.328 e. The van der Waals surface area contributed by atoms with E-state index in [4.69, 9.17) is 17.0 Å². The number of methoxy groups -OCH3 is 1. The Hall–Kier alpha value is -2.06. The van der Waals surface area contributed by atoms with E-state index in [1.807, 2.05) is 0 Å². The van der Waals surface area contributed by atoms with Crippen LogP contribution in [0.5, 0.6) is 0 Å². The van der Waals surface area contributed by atoms with Crippen LogP contribution in [0.3, 0.4) is 0 Å². The molecule has 0 saturated carbocycles. The molecule has 1 aromatic carbocycles. The molecular weight excluding hydrogens is 325 g/mol. The lowest BCUT2D eigenvalue weighted by Crippen LogP contribution is -2.45. The van der Waals surface area contributed by atoms with Crippen molar-refractivity contribution in [1.29, 1.82) is 0 Å². The topological polar surface area (TPSA) is 63.2 Å². The van der Waals surface area contributed by atoms with Crippen LogP contribution in [0, 0.1) is 5.82 Å². The highest BCUT2D eigenvalue weighted by molar-refractivity contribution is 7.80. The molecule has 0 bridgehead atoms. The number of hydrogen-bond donors (Lipinski definition) is 2. The lowest BCUT2D eigenvalue weighted by Gasteiger charge is -2.18. The Morgan fingerprint density at radius 3 is 2.91 bits per heavy atom. The van der Waals surface area contributed by atoms with Gasteiger partial charge in [-0.2, -0.15) is 0 Å². The van der Waals surface area contributed by atoms with Crippen molar-refractivity contribution >= 4 is 39.8 Å². The molecule has 0 unspecified atom stereocenters. The second-order valence-electron chi connectivity index (χ2n) is 4.31. The summed E-state index contributed by atoms with van der Waals surface area (Å²) in [5.41, 5.74) is 0.405. The second-order valence-corrected chi connectivity index (χ2v) is 5.61. The number of carbonyl (C=O) groups excluding carboxylic acids is 1. The number of nitrogens with one attached hydrogen (secondary N) is 2. The Morgan fingerprint density at radius 1 is 1.50 bits per heavy atom. The molecule has 2 N–H and O–H groups in total. The average Bonchev–Trinajstić information content (AvgIpc) is 3.00. The van der Waals surface area contributed by atoms with E-state index in [0.717, 1.165) is 0 Å². The zero-order chi connectivity index (χ0) is 15.9. The molecule has 2 rings (SSSR count). The van der Waals surface area contributed by atoms with Gasteiger partial charge >= 0.3 is 5.97 Å². The first-order valence-corrected chi connectivity index (χ1v) is 7.67. The van der Waals surface area contributed by atoms with Crippen molar-refractivity contribution in [2.45, 2.75) is 12.5 Å². The van der Waals surface area contributed by atoms with Gasteiger partial charge in [-0.15, -0.1) is 11.3 Å². The van der Waals surface area contributed by atoms with Gasteiger partial charge in [0.1, 0.15) is 11.9 Å². The molecule has 0 amide bonds. The zero-order valence-electron chi connectivity index (χ0n) is 11.7. The predicted octanol–water partition coefficient (Wildman–Crippen LogP) is 2.35. The fourth-order valence-electron chi connectivity index (χ4n) is 1.80. The van der Waals surface area contributed by atoms with E-state index in [1.54, 1.807) is 29.8 Å². The molecular formula is C14H14FN3O2S2. The highest BCUT2D eigenvalue weighted by Crippen LogP contribution is 2.12. The third-order valence-corrected chi connectivity index (χ3v) is 3.73. The van der Waals surface area contributed by atoms with Crippen LogP contribution in [0.15, 0.2) is 35.8 Å². The number of thiazole rings is 1. The highest BCUT2D eigenvalue weighted by atomic mass is 32.1. The molecule has 22 heavy (non-hydrogen) atoms. The summed E-state index contributed by atoms with van der Waals surface area (Å²) in [6, 6.07) is 5.47. The van der Waals surface area contributed by atoms with Crippen LogP contribution in [-0.4, -0.2) is 29.2 Å². The van der Waals surface area contributed by atoms with Crippen LogP contribution >= 0.6 is 23.6 Å². The Balaban J connectivity index is 2.05. The average molecular weight is 339 g/mol. The van der Waals surface area contributed by atoms with Gasteiger partial charge in [-0.05, 0) is 23.8 Å². The number of thiocarbonyl (C=S) groups is 1. The van der Waals surface area contributed by atoms with E-state index >= 15 is 0 Å². The van der Waals surface area contributed by atoms with Gasteiger partial charge in [0.05, 0.1) is 7.11 Å². The standard InChI is InChI=1S/C14H14FN3O2S2/c1-20-12(19)11(8-9-4-2-3-5-10(9)15)17-13(21)18-14-16-6-7-22-14/h2-7,11H,8H2,1H3,(H2,16,17,18,21)/t11-/m0/s1. The number of rotatable bonds is 5. The van der Waals surface area contributed by atoms with E-state index in [0.29, 0.717) is 10.7 Å². The third-order valence-electron chi connectivity index (χ3n) is 2.83. The summed E-state index contributed by atoms with van der Waals surface area (Å²) in [7, 11) is 1.27. The summed E-state index contributed by atoms with van der Waals surface area (Å²) < 4.78 is 18.5. The molecule has 1 aromatic heterocycles. The lowest BCUT2D eigenvalue weighted by atomic mass is 10.1. The maximum atomic E-state index is 13.7. The van der Waals surface area contributed by atoms with Crippen LogP contribution in [0.4, 0.5) is 9.52 Å². The van der Waals surface area contributed by atoms with Crippen molar-refractivity contribution in [2.75, 3.05) is 12.4 Å². The molecule has 0 saturated heterocycles. The Bertz CT molecular complexity index is 649. The van der Waals surface area contributed by atoms with Gasteiger partial charge in [0, 0.05) is 18.0 Å². The number of esters is 1. The van der Waals surface area contributed by atoms with Gasteiger partial charge in [-0.25, -0.2) is 14.2 Å². The molecule has 0 spiro atoms. The molecule has 0 aliphatic rings. The normalized spacial score (nSPS) is 11.5. The fourth-order valence-corrected chi connectivity index (χ4v) is 2.63. The van der Waals surface area contributed by atoms with Crippen LogP contribution in [0.1, 0.15) is 5.56 Å². The number of ether oxygens (including phenoxy) is 1. The summed E-state index contributed by atoms with van der Waals surface area (Å²) >= 11 is 6.51. The molecule has 0 radical (unpaired) electrons. The maximum absolute atomic E-state index is 13.7. The lowest BCUT2D eigenvalue weighted by molar-refractivity contribution is -0.142. The number of benzene rings is 1. The first-order valence-electron chi connectivity index (χ1n) is 6.38. The molecule has 1 heterocycles. The molecule has 5 nitrogen and oxygen atoms in total. The van der Waals surface area contributed by atoms with Crippen molar-refractivity contribution in [1.82, 2.24) is 10.3 Å². The molecule has 0 fully saturated rings. The molecule has 116 valence electrons. The third kappa shape index (κ3) is 4.47. The minimum absolute atomic E-state index is 0.124. The minimum Gasteiger partial charge on any atom is -0.467 e. The van der Waals surface area contributed by atoms with E-state index in [2.05, 4.69) is 15.6 Å². The molecule has 1 atom stereocenters. The van der Waals surface area contributed by atoms with E-state index in [9.17, 15) is 9.18 Å². The minimum atomic E-state index is -0.790. The number of carbonyl (C=O) groups is 1. The summed E-state index contributed by atoms with van der Waals surface area (Å²) in [6.45, 7) is 0. The summed E-state index contributed by atoms with van der Waals surface area (Å²) in [4.78, 5) is 15.9. The Kier molecular flexibility index (Phi) is 5.79. The van der Waals surface area contributed by atoms with Crippen molar-refractivity contribution < 1.29 is 13.9 Å². The largest absolute Gasteiger partial charge is 0.467 e. The van der Waals surface area contributed by atoms with Crippen LogP contribution in [0.2, 0.25) is 0 Å². The second kappa shape index (κ2) is 7.81. The highest BCUT2D eigenvalue weighted by Gasteiger charge is 2.22. The molecule has 0 aliphatic heterocycles. The SMILES string of the molecule is COC(=O)[C@H](Cc1ccccc1F)NC(=S)Nc1nccs1. The van der Waals surface area contributed by atoms with Gasteiger partial charge < -0.3 is 15.4 Å². The monoisotopic (exact) mass is 339 g/mol. The maximum Gasteiger partial charge on any atom is 0.328 e. The number of anilines is 1. The van der Waals surface area contributed by atoms with Crippen LogP contribution < -0.4 is 10.6 Å². The summed E-state index contributed by atoms with van der Waals surface area (Å²) in [6.07, 6.45) is 1.76. The first-order chi connectivity index (χ1) is 10.6. The number of aromatic nitrogens is 1. The van der Waals surface area contributed by atoms with E-state index in [-0.39, 0.29) is 17.4 Å². The number of halogens is 1. The van der Waals surface area contributed by atoms with Gasteiger partial charge in [0.25, 0.3) is 0 Å². The van der Waals surface area contributed by atoms with Crippen molar-refractivity contribution in [3.8, 4) is 0 Å². The van der Waals surface area contributed by atoms with E-state index < -0.39 is 12.0 Å². The van der Waals surface area contributed by atoms with Crippen molar-refractivity contribution in [3.05, 3.63) is 47.2 Å². The quantitative estimate of drug-likeness (QED) is 0.644. The fraction of sp³-hybridized carbons (Fsp3) is 0.214. The first kappa shape index (κ1) is 16.3. The summed E-state index contributed by atoms with van der Waals surface area (Å²) in [5.74, 6) is -0.899. The predicted molar refractivity (Wildman–Crippen MR) is 87.4 cm³/mol. The molecule has 8 heteroatoms. The van der Waals surface area contributed by atoms with Gasteiger partial charge in [-0.3, -0.25) is 0 Å². The van der Waals surface area contributed by atoms with Crippen molar-refractivity contribution in [3.63, 3.8) is 0 Å². The number of hydrogen-bond acceptors (Lipinski definition) is 5. The molecule has 2 aromatic rings. The Labute approximate surface area is 136 Å². The van der Waals surface area contributed by atoms with Gasteiger partial charge in [0.15, 0.2) is 10.2 Å². The number of nitrogens with zero attached hydrogens (tertiary/aromatic N) is 1. The van der Waals surface area contributed by atoms with Gasteiger partial charge in [0.2, 0.25) is 0 Å². The van der Waals surface area contributed by atoms with Crippen molar-refractivity contribution in [2.24, 2.45) is 0 Å². The van der Waals surface area contributed by atoms with E-state index in [1.165, 1.54) is 24.5 Å². The van der Waals surface area contributed by atoms with Gasteiger partial charge in [-0.1, -0.05) is 18.2 Å². The van der Waals surface area contributed by atoms with Crippen LogP contribution in [-0.2, 0) is 16.0 Å². The molecule has 0 aliphatic carbocycles.